The van der Waals surface area contributed by atoms with Crippen LogP contribution in [0.4, 0.5) is 0 Å². The number of hydrogen-bond acceptors (Lipinski definition) is 4. The number of nitrogens with zero attached hydrogens (tertiary/aromatic N) is 4. The highest BCUT2D eigenvalue weighted by molar-refractivity contribution is 6.35. The van der Waals surface area contributed by atoms with Crippen molar-refractivity contribution in [1.29, 1.82) is 0 Å². The van der Waals surface area contributed by atoms with Crippen molar-refractivity contribution in [3.05, 3.63) is 76.8 Å². The second-order valence-corrected chi connectivity index (χ2v) is 7.30. The molecule has 0 amide bonds. The quantitative estimate of drug-likeness (QED) is 0.361. The van der Waals surface area contributed by atoms with Crippen LogP contribution in [-0.2, 0) is 0 Å². The van der Waals surface area contributed by atoms with Crippen LogP contribution in [0.3, 0.4) is 0 Å². The van der Waals surface area contributed by atoms with E-state index in [4.69, 9.17) is 42.9 Å². The third-order valence-electron chi connectivity index (χ3n) is 4.67. The number of benzene rings is 3. The standard InChI is InChI=1S/C22H14Cl2N4O/c1-29-15-9-6-13(7-10-15)21-27-20-22(26-18-5-3-2-4-17(18)25-20)28(21)19-11-8-14(23)12-16(19)24/h2-12H,1H3. The zero-order chi connectivity index (χ0) is 20.0. The number of rotatable bonds is 3. The lowest BCUT2D eigenvalue weighted by molar-refractivity contribution is 0.415. The van der Waals surface area contributed by atoms with E-state index in [2.05, 4.69) is 0 Å². The predicted octanol–water partition coefficient (Wildman–Crippen LogP) is 5.95. The van der Waals surface area contributed by atoms with Crippen LogP contribution >= 0.6 is 23.2 Å². The Balaban J connectivity index is 1.85. The van der Waals surface area contributed by atoms with Gasteiger partial charge in [0.2, 0.25) is 0 Å². The first-order valence-corrected chi connectivity index (χ1v) is 9.65. The Morgan fingerprint density at radius 2 is 1.55 bits per heavy atom. The summed E-state index contributed by atoms with van der Waals surface area (Å²) in [6.07, 6.45) is 0. The van der Waals surface area contributed by atoms with Crippen LogP contribution in [0.25, 0.3) is 39.4 Å². The van der Waals surface area contributed by atoms with Crippen LogP contribution in [0.5, 0.6) is 5.75 Å². The molecule has 29 heavy (non-hydrogen) atoms. The largest absolute Gasteiger partial charge is 0.497 e. The number of ether oxygens (including phenoxy) is 1. The highest BCUT2D eigenvalue weighted by atomic mass is 35.5. The second-order valence-electron chi connectivity index (χ2n) is 6.45. The smallest absolute Gasteiger partial charge is 0.199 e. The van der Waals surface area contributed by atoms with Crippen molar-refractivity contribution in [3.8, 4) is 22.8 Å². The van der Waals surface area contributed by atoms with Gasteiger partial charge < -0.3 is 4.74 Å². The van der Waals surface area contributed by atoms with E-state index in [-0.39, 0.29) is 0 Å². The van der Waals surface area contributed by atoms with E-state index in [1.54, 1.807) is 19.2 Å². The van der Waals surface area contributed by atoms with E-state index < -0.39 is 0 Å². The third kappa shape index (κ3) is 3.09. The summed E-state index contributed by atoms with van der Waals surface area (Å²) < 4.78 is 7.19. The summed E-state index contributed by atoms with van der Waals surface area (Å²) in [4.78, 5) is 14.3. The van der Waals surface area contributed by atoms with Crippen LogP contribution in [0, 0.1) is 0 Å². The number of methoxy groups -OCH3 is 1. The van der Waals surface area contributed by atoms with Gasteiger partial charge in [-0.1, -0.05) is 35.3 Å². The third-order valence-corrected chi connectivity index (χ3v) is 5.21. The summed E-state index contributed by atoms with van der Waals surface area (Å²) in [7, 11) is 1.64. The Labute approximate surface area is 176 Å². The van der Waals surface area contributed by atoms with Crippen LogP contribution in [0.15, 0.2) is 66.7 Å². The number of aromatic nitrogens is 4. The molecule has 3 aromatic carbocycles. The van der Waals surface area contributed by atoms with Crippen LogP contribution in [0.2, 0.25) is 10.0 Å². The highest BCUT2D eigenvalue weighted by Crippen LogP contribution is 2.33. The number of para-hydroxylation sites is 2. The molecule has 0 radical (unpaired) electrons. The monoisotopic (exact) mass is 420 g/mol. The molecular weight excluding hydrogens is 407 g/mol. The highest BCUT2D eigenvalue weighted by Gasteiger charge is 2.19. The molecule has 142 valence electrons. The molecule has 0 aliphatic rings. The lowest BCUT2D eigenvalue weighted by atomic mass is 10.2. The molecule has 0 aliphatic heterocycles. The average Bonchev–Trinajstić information content (AvgIpc) is 3.10. The van der Waals surface area contributed by atoms with Gasteiger partial charge in [-0.15, -0.1) is 0 Å². The molecule has 2 heterocycles. The molecule has 0 saturated heterocycles. The van der Waals surface area contributed by atoms with E-state index in [1.165, 1.54) is 0 Å². The molecule has 0 spiro atoms. The number of imidazole rings is 1. The van der Waals surface area contributed by atoms with Crippen molar-refractivity contribution in [2.45, 2.75) is 0 Å². The Hall–Kier alpha value is -3.15. The molecule has 0 unspecified atom stereocenters. The Kier molecular flexibility index (Phi) is 4.34. The van der Waals surface area contributed by atoms with Crippen molar-refractivity contribution in [1.82, 2.24) is 19.5 Å². The minimum atomic E-state index is 0.501. The van der Waals surface area contributed by atoms with Crippen LogP contribution in [0.1, 0.15) is 0 Å². The fourth-order valence-electron chi connectivity index (χ4n) is 3.28. The van der Waals surface area contributed by atoms with Crippen molar-refractivity contribution in [2.24, 2.45) is 0 Å². The fraction of sp³-hybridized carbons (Fsp3) is 0.0455. The van der Waals surface area contributed by atoms with Gasteiger partial charge in [-0.3, -0.25) is 4.57 Å². The summed E-state index contributed by atoms with van der Waals surface area (Å²) in [5.41, 5.74) is 4.36. The zero-order valence-corrected chi connectivity index (χ0v) is 16.8. The first kappa shape index (κ1) is 17.9. The van der Waals surface area contributed by atoms with Gasteiger partial charge in [0.1, 0.15) is 11.6 Å². The summed E-state index contributed by atoms with van der Waals surface area (Å²) >= 11 is 12.7. The summed E-state index contributed by atoms with van der Waals surface area (Å²) in [6, 6.07) is 20.7. The molecule has 0 atom stereocenters. The van der Waals surface area contributed by atoms with E-state index in [0.29, 0.717) is 27.2 Å². The molecule has 0 bridgehead atoms. The average molecular weight is 421 g/mol. The topological polar surface area (TPSA) is 52.8 Å². The van der Waals surface area contributed by atoms with Gasteiger partial charge in [-0.05, 0) is 54.6 Å². The molecular formula is C22H14Cl2N4O. The van der Waals surface area contributed by atoms with Gasteiger partial charge in [-0.25, -0.2) is 15.0 Å². The Morgan fingerprint density at radius 1 is 0.828 bits per heavy atom. The minimum absolute atomic E-state index is 0.501. The lowest BCUT2D eigenvalue weighted by Crippen LogP contribution is -2.00. The SMILES string of the molecule is COc1ccc(-c2nc3nc4ccccc4nc3n2-c2ccc(Cl)cc2Cl)cc1. The Morgan fingerprint density at radius 3 is 2.24 bits per heavy atom. The Bertz CT molecular complexity index is 1360. The van der Waals surface area contributed by atoms with Crippen LogP contribution < -0.4 is 4.74 Å². The first-order chi connectivity index (χ1) is 14.1. The zero-order valence-electron chi connectivity index (χ0n) is 15.3. The molecule has 5 rings (SSSR count). The molecule has 5 nitrogen and oxygen atoms in total. The lowest BCUT2D eigenvalue weighted by Gasteiger charge is -2.11. The number of halogens is 2. The van der Waals surface area contributed by atoms with Crippen molar-refractivity contribution < 1.29 is 4.74 Å². The van der Waals surface area contributed by atoms with Gasteiger partial charge in [-0.2, -0.15) is 0 Å². The molecule has 5 aromatic rings. The van der Waals surface area contributed by atoms with Crippen molar-refractivity contribution >= 4 is 45.5 Å². The van der Waals surface area contributed by atoms with Gasteiger partial charge in [0.25, 0.3) is 0 Å². The minimum Gasteiger partial charge on any atom is -0.497 e. The van der Waals surface area contributed by atoms with Crippen molar-refractivity contribution in [2.75, 3.05) is 7.11 Å². The first-order valence-electron chi connectivity index (χ1n) is 8.89. The van der Waals surface area contributed by atoms with E-state index in [1.807, 2.05) is 59.2 Å². The van der Waals surface area contributed by atoms with Gasteiger partial charge in [0.05, 0.1) is 28.9 Å². The molecule has 0 saturated carbocycles. The maximum Gasteiger partial charge on any atom is 0.199 e. The van der Waals surface area contributed by atoms with E-state index in [9.17, 15) is 0 Å². The maximum atomic E-state index is 6.55. The molecule has 0 fully saturated rings. The van der Waals surface area contributed by atoms with Crippen molar-refractivity contribution in [3.63, 3.8) is 0 Å². The number of hydrogen-bond donors (Lipinski definition) is 0. The van der Waals surface area contributed by atoms with E-state index >= 15 is 0 Å². The van der Waals surface area contributed by atoms with Crippen LogP contribution in [-0.4, -0.2) is 26.6 Å². The van der Waals surface area contributed by atoms with Gasteiger partial charge >= 0.3 is 0 Å². The normalized spacial score (nSPS) is 11.3. The second kappa shape index (κ2) is 7.03. The van der Waals surface area contributed by atoms with Gasteiger partial charge in [0.15, 0.2) is 11.3 Å². The molecule has 2 aromatic heterocycles. The van der Waals surface area contributed by atoms with E-state index in [0.717, 1.165) is 28.0 Å². The summed E-state index contributed by atoms with van der Waals surface area (Å²) in [5, 5.41) is 1.06. The van der Waals surface area contributed by atoms with Gasteiger partial charge in [0, 0.05) is 10.6 Å². The summed E-state index contributed by atoms with van der Waals surface area (Å²) in [6.45, 7) is 0. The fourth-order valence-corrected chi connectivity index (χ4v) is 3.77. The molecule has 0 aliphatic carbocycles. The maximum absolute atomic E-state index is 6.55. The molecule has 0 N–H and O–H groups in total. The predicted molar refractivity (Wildman–Crippen MR) is 116 cm³/mol. The molecule has 7 heteroatoms. The number of fused-ring (bicyclic) bond motifs is 2. The summed E-state index contributed by atoms with van der Waals surface area (Å²) in [5.74, 6) is 1.45.